The normalized spacial score (nSPS) is 12.6. The lowest BCUT2D eigenvalue weighted by atomic mass is 10.0. The summed E-state index contributed by atoms with van der Waals surface area (Å²) >= 11 is 0. The minimum absolute atomic E-state index is 0.00874. The fourth-order valence-corrected chi connectivity index (χ4v) is 10.5. The summed E-state index contributed by atoms with van der Waals surface area (Å²) in [6.45, 7) is 4.97. The van der Waals surface area contributed by atoms with Gasteiger partial charge in [-0.3, -0.25) is 9.59 Å². The van der Waals surface area contributed by atoms with Crippen LogP contribution in [0.2, 0.25) is 0 Å². The molecule has 0 fully saturated rings. The SMILES string of the molecule is CCCCCC/C=C\CCCCCCCC(=O)OCCCCCCCCCCCCCCCCCCCCCCCCCCCCC(=O)NC(CO)C(O)CCCCCCCCCCCCCCCCCC. The largest absolute Gasteiger partial charge is 0.466 e. The van der Waals surface area contributed by atoms with Gasteiger partial charge >= 0.3 is 5.97 Å². The molecule has 0 aromatic rings. The van der Waals surface area contributed by atoms with Crippen LogP contribution in [0.4, 0.5) is 0 Å². The number of carbonyl (C=O) groups excluding carboxylic acids is 2. The van der Waals surface area contributed by atoms with Crippen LogP contribution in [0.25, 0.3) is 0 Å². The lowest BCUT2D eigenvalue weighted by molar-refractivity contribution is -0.143. The molecule has 0 aromatic heterocycles. The van der Waals surface area contributed by atoms with Crippen molar-refractivity contribution in [2.75, 3.05) is 13.2 Å². The van der Waals surface area contributed by atoms with E-state index in [2.05, 4.69) is 31.3 Å². The molecule has 0 saturated heterocycles. The Morgan fingerprint density at radius 1 is 0.375 bits per heavy atom. The van der Waals surface area contributed by atoms with E-state index in [-0.39, 0.29) is 18.5 Å². The topological polar surface area (TPSA) is 95.9 Å². The van der Waals surface area contributed by atoms with Crippen molar-refractivity contribution >= 4 is 11.9 Å². The number of hydrogen-bond donors (Lipinski definition) is 3. The third-order valence-electron chi connectivity index (χ3n) is 15.6. The second-order valence-electron chi connectivity index (χ2n) is 22.8. The Hall–Kier alpha value is -1.40. The van der Waals surface area contributed by atoms with E-state index >= 15 is 0 Å². The van der Waals surface area contributed by atoms with E-state index in [1.165, 1.54) is 295 Å². The van der Waals surface area contributed by atoms with E-state index in [9.17, 15) is 19.8 Å². The van der Waals surface area contributed by atoms with E-state index in [4.69, 9.17) is 4.74 Å². The molecule has 2 atom stereocenters. The molecule has 1 amide bonds. The van der Waals surface area contributed by atoms with E-state index in [0.29, 0.717) is 25.9 Å². The zero-order valence-corrected chi connectivity index (χ0v) is 48.9. The minimum Gasteiger partial charge on any atom is -0.466 e. The van der Waals surface area contributed by atoms with Crippen LogP contribution in [-0.2, 0) is 14.3 Å². The minimum atomic E-state index is -0.662. The predicted molar refractivity (Wildman–Crippen MR) is 315 cm³/mol. The second kappa shape index (κ2) is 62.1. The van der Waals surface area contributed by atoms with Crippen molar-refractivity contribution in [3.8, 4) is 0 Å². The number of esters is 1. The van der Waals surface area contributed by atoms with Crippen LogP contribution in [0.5, 0.6) is 0 Å². The Kier molecular flexibility index (Phi) is 60.9. The highest BCUT2D eigenvalue weighted by Crippen LogP contribution is 2.19. The molecule has 428 valence electrons. The molecule has 0 radical (unpaired) electrons. The maximum atomic E-state index is 12.5. The van der Waals surface area contributed by atoms with Crippen molar-refractivity contribution in [1.82, 2.24) is 5.32 Å². The maximum Gasteiger partial charge on any atom is 0.305 e. The highest BCUT2D eigenvalue weighted by molar-refractivity contribution is 5.76. The molecule has 0 aliphatic rings. The molecule has 0 aliphatic heterocycles. The van der Waals surface area contributed by atoms with Gasteiger partial charge in [0.15, 0.2) is 0 Å². The van der Waals surface area contributed by atoms with Crippen molar-refractivity contribution in [2.24, 2.45) is 0 Å². The number of carbonyl (C=O) groups is 2. The van der Waals surface area contributed by atoms with Crippen LogP contribution in [0.15, 0.2) is 12.2 Å². The molecule has 72 heavy (non-hydrogen) atoms. The third kappa shape index (κ3) is 57.9. The molecule has 0 aliphatic carbocycles. The summed E-state index contributed by atoms with van der Waals surface area (Å²) in [4.78, 5) is 24.5. The van der Waals surface area contributed by atoms with Gasteiger partial charge in [0.1, 0.15) is 0 Å². The summed E-state index contributed by atoms with van der Waals surface area (Å²) in [5.41, 5.74) is 0. The van der Waals surface area contributed by atoms with Gasteiger partial charge in [-0.1, -0.05) is 321 Å². The molecule has 6 nitrogen and oxygen atoms in total. The van der Waals surface area contributed by atoms with Crippen LogP contribution >= 0.6 is 0 Å². The summed E-state index contributed by atoms with van der Waals surface area (Å²) in [7, 11) is 0. The summed E-state index contributed by atoms with van der Waals surface area (Å²) in [5, 5.41) is 23.3. The zero-order chi connectivity index (χ0) is 52.2. The van der Waals surface area contributed by atoms with Gasteiger partial charge in [-0.15, -0.1) is 0 Å². The number of hydrogen-bond acceptors (Lipinski definition) is 5. The van der Waals surface area contributed by atoms with Crippen LogP contribution in [0, 0.1) is 0 Å². The second-order valence-corrected chi connectivity index (χ2v) is 22.8. The smallest absolute Gasteiger partial charge is 0.305 e. The van der Waals surface area contributed by atoms with Crippen molar-refractivity contribution in [2.45, 2.75) is 386 Å². The number of unbranched alkanes of at least 4 members (excludes halogenated alkanes) is 49. The summed E-state index contributed by atoms with van der Waals surface area (Å²) < 4.78 is 5.48. The lowest BCUT2D eigenvalue weighted by Gasteiger charge is -2.22. The van der Waals surface area contributed by atoms with Crippen molar-refractivity contribution in [3.63, 3.8) is 0 Å². The first-order valence-corrected chi connectivity index (χ1v) is 32.9. The fraction of sp³-hybridized carbons (Fsp3) is 0.939. The van der Waals surface area contributed by atoms with Crippen LogP contribution in [0.3, 0.4) is 0 Å². The molecule has 6 heteroatoms. The van der Waals surface area contributed by atoms with Crippen molar-refractivity contribution < 1.29 is 24.5 Å². The van der Waals surface area contributed by atoms with Gasteiger partial charge in [0, 0.05) is 12.8 Å². The van der Waals surface area contributed by atoms with Gasteiger partial charge < -0.3 is 20.3 Å². The fourth-order valence-electron chi connectivity index (χ4n) is 10.5. The average molecular weight is 1020 g/mol. The van der Waals surface area contributed by atoms with Crippen LogP contribution in [0.1, 0.15) is 373 Å². The Labute approximate surface area is 450 Å². The molecular weight excluding hydrogens is 887 g/mol. The number of nitrogens with one attached hydrogen (secondary N) is 1. The third-order valence-corrected chi connectivity index (χ3v) is 15.6. The number of aliphatic hydroxyl groups is 2. The molecule has 3 N–H and O–H groups in total. The van der Waals surface area contributed by atoms with Crippen LogP contribution in [-0.4, -0.2) is 47.4 Å². The van der Waals surface area contributed by atoms with Crippen molar-refractivity contribution in [1.29, 1.82) is 0 Å². The molecule has 0 rings (SSSR count). The van der Waals surface area contributed by atoms with Gasteiger partial charge in [-0.25, -0.2) is 0 Å². The number of rotatable bonds is 62. The number of amides is 1. The number of allylic oxidation sites excluding steroid dienone is 2. The Bertz CT molecular complexity index is 1080. The van der Waals surface area contributed by atoms with E-state index in [0.717, 1.165) is 44.9 Å². The molecule has 0 saturated carbocycles. The summed E-state index contributed by atoms with van der Waals surface area (Å²) in [6, 6.07) is -0.539. The molecule has 0 aromatic carbocycles. The standard InChI is InChI=1S/C66H129NO5/c1-3-5-7-9-11-13-15-17-18-31-35-38-42-46-50-54-58-64(69)63(62-68)67-65(70)59-55-51-47-43-39-36-32-29-27-25-23-21-19-20-22-24-26-28-30-33-37-41-45-49-53-57-61-72-66(71)60-56-52-48-44-40-34-16-14-12-10-8-6-4-2/h14,16,63-64,68-69H,3-13,15,17-62H2,1-2H3,(H,67,70)/b16-14-. The number of aliphatic hydroxyl groups excluding tert-OH is 2. The maximum absolute atomic E-state index is 12.5. The molecular formula is C66H129NO5. The van der Waals surface area contributed by atoms with Gasteiger partial charge in [-0.2, -0.15) is 0 Å². The summed E-state index contributed by atoms with van der Waals surface area (Å²) in [5.74, 6) is -0.0208. The first kappa shape index (κ1) is 70.6. The Morgan fingerprint density at radius 3 is 1.00 bits per heavy atom. The zero-order valence-electron chi connectivity index (χ0n) is 48.9. The summed E-state index contributed by atoms with van der Waals surface area (Å²) in [6.07, 6.45) is 75.2. The van der Waals surface area contributed by atoms with Crippen molar-refractivity contribution in [3.05, 3.63) is 12.2 Å². The van der Waals surface area contributed by atoms with E-state index in [1.54, 1.807) is 0 Å². The molecule has 0 spiro atoms. The highest BCUT2D eigenvalue weighted by Gasteiger charge is 2.20. The van der Waals surface area contributed by atoms with E-state index < -0.39 is 12.1 Å². The van der Waals surface area contributed by atoms with Gasteiger partial charge in [0.25, 0.3) is 0 Å². The molecule has 2 unspecified atom stereocenters. The highest BCUT2D eigenvalue weighted by atomic mass is 16.5. The Morgan fingerprint density at radius 2 is 0.653 bits per heavy atom. The molecule has 0 heterocycles. The first-order chi connectivity index (χ1) is 35.5. The van der Waals surface area contributed by atoms with Gasteiger partial charge in [0.05, 0.1) is 25.4 Å². The van der Waals surface area contributed by atoms with Gasteiger partial charge in [-0.05, 0) is 51.4 Å². The number of ether oxygens (including phenoxy) is 1. The van der Waals surface area contributed by atoms with Crippen LogP contribution < -0.4 is 5.32 Å². The first-order valence-electron chi connectivity index (χ1n) is 32.9. The van der Waals surface area contributed by atoms with E-state index in [1.807, 2.05) is 0 Å². The average Bonchev–Trinajstić information content (AvgIpc) is 3.38. The molecule has 0 bridgehead atoms. The predicted octanol–water partition coefficient (Wildman–Crippen LogP) is 20.8. The van der Waals surface area contributed by atoms with Gasteiger partial charge in [0.2, 0.25) is 5.91 Å². The quantitative estimate of drug-likeness (QED) is 0.0320. The lowest BCUT2D eigenvalue weighted by Crippen LogP contribution is -2.45. The Balaban J connectivity index is 3.35. The monoisotopic (exact) mass is 1020 g/mol.